The third-order valence-electron chi connectivity index (χ3n) is 5.66. The number of hydrogen-bond donors (Lipinski definition) is 0. The molecule has 2 unspecified atom stereocenters. The van der Waals surface area contributed by atoms with E-state index >= 15 is 0 Å². The summed E-state index contributed by atoms with van der Waals surface area (Å²) in [6, 6.07) is 0. The number of rotatable bonds is 0. The first-order valence-electron chi connectivity index (χ1n) is 6.60. The number of hydrogen-bond acceptors (Lipinski definition) is 0. The predicted octanol–water partition coefficient (Wildman–Crippen LogP) is 4.42. The van der Waals surface area contributed by atoms with E-state index in [9.17, 15) is 0 Å². The van der Waals surface area contributed by atoms with Gasteiger partial charge in [0, 0.05) is 0 Å². The highest BCUT2D eigenvalue weighted by molar-refractivity contribution is 5.20. The molecule has 0 heteroatoms. The van der Waals surface area contributed by atoms with E-state index < -0.39 is 0 Å². The Balaban J connectivity index is 1.95. The van der Waals surface area contributed by atoms with Crippen molar-refractivity contribution in [2.24, 2.45) is 28.6 Å². The van der Waals surface area contributed by atoms with Crippen LogP contribution in [-0.4, -0.2) is 0 Å². The summed E-state index contributed by atoms with van der Waals surface area (Å²) in [5.74, 6) is 2.88. The Labute approximate surface area is 94.1 Å². The highest BCUT2D eigenvalue weighted by Crippen LogP contribution is 2.70. The lowest BCUT2D eigenvalue weighted by molar-refractivity contribution is 0.232. The van der Waals surface area contributed by atoms with Crippen LogP contribution < -0.4 is 0 Å². The molecule has 84 valence electrons. The minimum Gasteiger partial charge on any atom is -0.0996 e. The number of fused-ring (bicyclic) bond motifs is 3. The standard InChI is InChI=1S/C15H24/c1-10-5-6-13-12(10)9-14(2,3)7-11-8-15(11,13)4/h11-13H,1,5-9H2,2-4H3/t11?,12-,13-,15?/m0/s1. The Kier molecular flexibility index (Phi) is 1.79. The summed E-state index contributed by atoms with van der Waals surface area (Å²) in [7, 11) is 0. The van der Waals surface area contributed by atoms with Crippen LogP contribution in [0, 0.1) is 28.6 Å². The van der Waals surface area contributed by atoms with Gasteiger partial charge >= 0.3 is 0 Å². The summed E-state index contributed by atoms with van der Waals surface area (Å²) in [5.41, 5.74) is 2.84. The Morgan fingerprint density at radius 3 is 2.60 bits per heavy atom. The van der Waals surface area contributed by atoms with Crippen molar-refractivity contribution in [3.63, 3.8) is 0 Å². The minimum atomic E-state index is 0.565. The zero-order valence-electron chi connectivity index (χ0n) is 10.5. The second-order valence-electron chi connectivity index (χ2n) is 7.39. The average molecular weight is 204 g/mol. The normalized spacial score (nSPS) is 51.9. The average Bonchev–Trinajstić information content (AvgIpc) is 2.59. The molecule has 3 rings (SSSR count). The van der Waals surface area contributed by atoms with Crippen LogP contribution in [-0.2, 0) is 0 Å². The third kappa shape index (κ3) is 1.33. The summed E-state index contributed by atoms with van der Waals surface area (Å²) in [6.45, 7) is 11.8. The fourth-order valence-electron chi connectivity index (χ4n) is 4.67. The highest BCUT2D eigenvalue weighted by Gasteiger charge is 2.61. The Hall–Kier alpha value is -0.260. The van der Waals surface area contributed by atoms with E-state index in [1.807, 2.05) is 0 Å². The van der Waals surface area contributed by atoms with Crippen molar-refractivity contribution >= 4 is 0 Å². The topological polar surface area (TPSA) is 0 Å². The molecule has 0 aromatic heterocycles. The third-order valence-corrected chi connectivity index (χ3v) is 5.66. The lowest BCUT2D eigenvalue weighted by atomic mass is 9.75. The molecule has 0 aromatic rings. The Morgan fingerprint density at radius 1 is 1.13 bits per heavy atom. The van der Waals surface area contributed by atoms with Gasteiger partial charge in [0.1, 0.15) is 0 Å². The highest BCUT2D eigenvalue weighted by atomic mass is 14.7. The molecule has 0 nitrogen and oxygen atoms in total. The zero-order valence-corrected chi connectivity index (χ0v) is 10.5. The molecule has 0 saturated heterocycles. The van der Waals surface area contributed by atoms with E-state index in [2.05, 4.69) is 27.4 Å². The van der Waals surface area contributed by atoms with Crippen LogP contribution in [0.2, 0.25) is 0 Å². The van der Waals surface area contributed by atoms with Crippen molar-refractivity contribution in [1.82, 2.24) is 0 Å². The Morgan fingerprint density at radius 2 is 1.87 bits per heavy atom. The molecule has 3 aliphatic carbocycles. The lowest BCUT2D eigenvalue weighted by Gasteiger charge is -2.29. The zero-order chi connectivity index (χ0) is 10.8. The van der Waals surface area contributed by atoms with Gasteiger partial charge in [-0.15, -0.1) is 0 Å². The van der Waals surface area contributed by atoms with Crippen molar-refractivity contribution in [3.8, 4) is 0 Å². The van der Waals surface area contributed by atoms with Gasteiger partial charge in [0.25, 0.3) is 0 Å². The van der Waals surface area contributed by atoms with Crippen molar-refractivity contribution in [3.05, 3.63) is 12.2 Å². The van der Waals surface area contributed by atoms with Gasteiger partial charge in [0.2, 0.25) is 0 Å². The van der Waals surface area contributed by atoms with Crippen LogP contribution in [0.25, 0.3) is 0 Å². The smallest absolute Gasteiger partial charge is 0.0167 e. The van der Waals surface area contributed by atoms with E-state index in [-0.39, 0.29) is 0 Å². The maximum atomic E-state index is 4.33. The van der Waals surface area contributed by atoms with E-state index in [0.29, 0.717) is 10.8 Å². The molecule has 3 fully saturated rings. The predicted molar refractivity (Wildman–Crippen MR) is 64.6 cm³/mol. The molecule has 0 amide bonds. The summed E-state index contributed by atoms with van der Waals surface area (Å²) >= 11 is 0. The van der Waals surface area contributed by atoms with E-state index in [1.165, 1.54) is 32.1 Å². The molecule has 3 saturated carbocycles. The Bertz CT molecular complexity index is 312. The molecule has 4 atom stereocenters. The fourth-order valence-corrected chi connectivity index (χ4v) is 4.67. The van der Waals surface area contributed by atoms with E-state index in [0.717, 1.165) is 17.8 Å². The molecule has 0 aromatic carbocycles. The summed E-state index contributed by atoms with van der Waals surface area (Å²) in [5, 5.41) is 0. The largest absolute Gasteiger partial charge is 0.0996 e. The van der Waals surface area contributed by atoms with Gasteiger partial charge in [-0.2, -0.15) is 0 Å². The monoisotopic (exact) mass is 204 g/mol. The first-order valence-corrected chi connectivity index (χ1v) is 6.60. The van der Waals surface area contributed by atoms with Crippen LogP contribution in [0.3, 0.4) is 0 Å². The van der Waals surface area contributed by atoms with E-state index in [1.54, 1.807) is 5.57 Å². The summed E-state index contributed by atoms with van der Waals surface area (Å²) < 4.78 is 0. The first kappa shape index (κ1) is 9.93. The van der Waals surface area contributed by atoms with Crippen LogP contribution in [0.4, 0.5) is 0 Å². The van der Waals surface area contributed by atoms with Gasteiger partial charge in [-0.1, -0.05) is 32.9 Å². The molecule has 3 aliphatic rings. The molecule has 0 heterocycles. The molecule has 0 aliphatic heterocycles. The summed E-state index contributed by atoms with van der Waals surface area (Å²) in [6.07, 6.45) is 7.12. The SMILES string of the molecule is C=C1CC[C@H]2[C@H]1CC(C)(C)CC1CC12C. The molecular weight excluding hydrogens is 180 g/mol. The van der Waals surface area contributed by atoms with Crippen LogP contribution >= 0.6 is 0 Å². The van der Waals surface area contributed by atoms with Crippen LogP contribution in [0.1, 0.15) is 52.9 Å². The molecule has 0 N–H and O–H groups in total. The van der Waals surface area contributed by atoms with Crippen molar-refractivity contribution in [1.29, 1.82) is 0 Å². The quantitative estimate of drug-likeness (QED) is 0.513. The van der Waals surface area contributed by atoms with Crippen molar-refractivity contribution in [2.75, 3.05) is 0 Å². The maximum absolute atomic E-state index is 4.33. The fraction of sp³-hybridized carbons (Fsp3) is 0.867. The first-order chi connectivity index (χ1) is 6.92. The molecular formula is C15H24. The van der Waals surface area contributed by atoms with E-state index in [4.69, 9.17) is 0 Å². The summed E-state index contributed by atoms with van der Waals surface area (Å²) in [4.78, 5) is 0. The maximum Gasteiger partial charge on any atom is -0.0167 e. The molecule has 0 spiro atoms. The lowest BCUT2D eigenvalue weighted by Crippen LogP contribution is -2.21. The molecule has 0 radical (unpaired) electrons. The van der Waals surface area contributed by atoms with Crippen LogP contribution in [0.15, 0.2) is 12.2 Å². The van der Waals surface area contributed by atoms with Gasteiger partial charge in [-0.05, 0) is 60.7 Å². The molecule has 0 bridgehead atoms. The van der Waals surface area contributed by atoms with Gasteiger partial charge in [0.05, 0.1) is 0 Å². The second kappa shape index (κ2) is 2.70. The van der Waals surface area contributed by atoms with Gasteiger partial charge in [-0.3, -0.25) is 0 Å². The van der Waals surface area contributed by atoms with Gasteiger partial charge in [-0.25, -0.2) is 0 Å². The second-order valence-corrected chi connectivity index (χ2v) is 7.39. The molecule has 15 heavy (non-hydrogen) atoms. The van der Waals surface area contributed by atoms with Crippen molar-refractivity contribution in [2.45, 2.75) is 52.9 Å². The van der Waals surface area contributed by atoms with Gasteiger partial charge in [0.15, 0.2) is 0 Å². The van der Waals surface area contributed by atoms with Gasteiger partial charge < -0.3 is 0 Å². The van der Waals surface area contributed by atoms with Crippen molar-refractivity contribution < 1.29 is 0 Å². The van der Waals surface area contributed by atoms with Crippen LogP contribution in [0.5, 0.6) is 0 Å². The minimum absolute atomic E-state index is 0.565. The number of allylic oxidation sites excluding steroid dienone is 1.